The van der Waals surface area contributed by atoms with E-state index in [1.54, 1.807) is 0 Å². The fourth-order valence-electron chi connectivity index (χ4n) is 5.07. The lowest BCUT2D eigenvalue weighted by Crippen LogP contribution is -2.60. The standard InChI is InChI=1S/C21H37N3O2/c1-15(2)13-18-20(26)24(14-16(3)4)21(22-18)9-11-23(12-10-21)19(25)17-7-5-6-8-17/h15-18,22H,5-14H2,1-4H3. The Bertz CT molecular complexity index is 517. The van der Waals surface area contributed by atoms with Gasteiger partial charge in [0.2, 0.25) is 11.8 Å². The average molecular weight is 364 g/mol. The first-order valence-corrected chi connectivity index (χ1v) is 10.7. The summed E-state index contributed by atoms with van der Waals surface area (Å²) in [6.45, 7) is 11.1. The summed E-state index contributed by atoms with van der Waals surface area (Å²) in [6.07, 6.45) is 7.13. The number of piperidine rings is 1. The molecule has 0 aromatic carbocycles. The molecule has 1 spiro atoms. The lowest BCUT2D eigenvalue weighted by molar-refractivity contribution is -0.140. The second-order valence-corrected chi connectivity index (χ2v) is 9.51. The van der Waals surface area contributed by atoms with Crippen molar-refractivity contribution in [2.45, 2.75) is 84.3 Å². The first-order chi connectivity index (χ1) is 12.3. The molecule has 3 fully saturated rings. The molecule has 148 valence electrons. The Morgan fingerprint density at radius 1 is 1.12 bits per heavy atom. The first-order valence-electron chi connectivity index (χ1n) is 10.7. The van der Waals surface area contributed by atoms with Crippen LogP contribution in [0.3, 0.4) is 0 Å². The first kappa shape index (κ1) is 19.7. The highest BCUT2D eigenvalue weighted by atomic mass is 16.2. The number of likely N-dealkylation sites (tertiary alicyclic amines) is 1. The molecule has 0 aromatic heterocycles. The number of nitrogens with one attached hydrogen (secondary N) is 1. The highest BCUT2D eigenvalue weighted by molar-refractivity contribution is 5.85. The van der Waals surface area contributed by atoms with Crippen LogP contribution in [0.1, 0.15) is 72.6 Å². The Kier molecular flexibility index (Phi) is 5.95. The molecule has 3 aliphatic rings. The zero-order valence-electron chi connectivity index (χ0n) is 17.1. The van der Waals surface area contributed by atoms with Gasteiger partial charge >= 0.3 is 0 Å². The van der Waals surface area contributed by atoms with E-state index >= 15 is 0 Å². The number of hydrogen-bond acceptors (Lipinski definition) is 3. The van der Waals surface area contributed by atoms with Gasteiger partial charge < -0.3 is 9.80 Å². The summed E-state index contributed by atoms with van der Waals surface area (Å²) < 4.78 is 0. The Morgan fingerprint density at radius 2 is 1.73 bits per heavy atom. The van der Waals surface area contributed by atoms with E-state index in [-0.39, 0.29) is 23.5 Å². The van der Waals surface area contributed by atoms with Gasteiger partial charge in [0.1, 0.15) is 0 Å². The molecule has 0 bridgehead atoms. The molecule has 2 heterocycles. The molecule has 1 N–H and O–H groups in total. The molecule has 0 aromatic rings. The molecule has 1 aliphatic carbocycles. The highest BCUT2D eigenvalue weighted by Crippen LogP contribution is 2.36. The van der Waals surface area contributed by atoms with Gasteiger partial charge in [0.25, 0.3) is 0 Å². The lowest BCUT2D eigenvalue weighted by atomic mass is 9.93. The number of nitrogens with zero attached hydrogens (tertiary/aromatic N) is 2. The average Bonchev–Trinajstić information content (AvgIpc) is 3.19. The minimum absolute atomic E-state index is 0.0640. The van der Waals surface area contributed by atoms with Crippen LogP contribution in [0.2, 0.25) is 0 Å². The Labute approximate surface area is 158 Å². The second-order valence-electron chi connectivity index (χ2n) is 9.51. The molecule has 2 saturated heterocycles. The van der Waals surface area contributed by atoms with E-state index in [4.69, 9.17) is 0 Å². The minimum Gasteiger partial charge on any atom is -0.342 e. The fourth-order valence-corrected chi connectivity index (χ4v) is 5.07. The SMILES string of the molecule is CC(C)CC1NC2(CCN(C(=O)C3CCCC3)CC2)N(CC(C)C)C1=O. The van der Waals surface area contributed by atoms with Crippen molar-refractivity contribution in [2.75, 3.05) is 19.6 Å². The van der Waals surface area contributed by atoms with Crippen LogP contribution in [-0.2, 0) is 9.59 Å². The summed E-state index contributed by atoms with van der Waals surface area (Å²) in [4.78, 5) is 30.0. The number of hydrogen-bond donors (Lipinski definition) is 1. The molecule has 5 nitrogen and oxygen atoms in total. The summed E-state index contributed by atoms with van der Waals surface area (Å²) in [5.41, 5.74) is -0.243. The third kappa shape index (κ3) is 3.92. The predicted molar refractivity (Wildman–Crippen MR) is 103 cm³/mol. The van der Waals surface area contributed by atoms with Gasteiger partial charge in [-0.15, -0.1) is 0 Å². The monoisotopic (exact) mass is 363 g/mol. The fraction of sp³-hybridized carbons (Fsp3) is 0.905. The van der Waals surface area contributed by atoms with Gasteiger partial charge in [-0.25, -0.2) is 0 Å². The summed E-state index contributed by atoms with van der Waals surface area (Å²) in [5.74, 6) is 1.83. The van der Waals surface area contributed by atoms with Crippen molar-refractivity contribution < 1.29 is 9.59 Å². The maximum Gasteiger partial charge on any atom is 0.241 e. The molecule has 0 radical (unpaired) electrons. The van der Waals surface area contributed by atoms with Crippen LogP contribution in [0, 0.1) is 17.8 Å². The van der Waals surface area contributed by atoms with Crippen LogP contribution >= 0.6 is 0 Å². The van der Waals surface area contributed by atoms with Crippen molar-refractivity contribution >= 4 is 11.8 Å². The van der Waals surface area contributed by atoms with Gasteiger partial charge in [-0.2, -0.15) is 0 Å². The third-order valence-corrected chi connectivity index (χ3v) is 6.39. The third-order valence-electron chi connectivity index (χ3n) is 6.39. The lowest BCUT2D eigenvalue weighted by Gasteiger charge is -2.45. The van der Waals surface area contributed by atoms with E-state index in [0.717, 1.165) is 51.7 Å². The van der Waals surface area contributed by atoms with Crippen LogP contribution in [0.25, 0.3) is 0 Å². The predicted octanol–water partition coefficient (Wildman–Crippen LogP) is 3.00. The van der Waals surface area contributed by atoms with E-state index < -0.39 is 0 Å². The van der Waals surface area contributed by atoms with E-state index in [1.165, 1.54) is 12.8 Å². The zero-order chi connectivity index (χ0) is 18.9. The van der Waals surface area contributed by atoms with Gasteiger partial charge in [-0.3, -0.25) is 14.9 Å². The van der Waals surface area contributed by atoms with E-state index in [1.807, 2.05) is 0 Å². The van der Waals surface area contributed by atoms with Gasteiger partial charge in [0.15, 0.2) is 0 Å². The number of rotatable bonds is 5. The molecule has 1 unspecified atom stereocenters. The van der Waals surface area contributed by atoms with Crippen LogP contribution in [0.4, 0.5) is 0 Å². The summed E-state index contributed by atoms with van der Waals surface area (Å²) >= 11 is 0. The quantitative estimate of drug-likeness (QED) is 0.817. The van der Waals surface area contributed by atoms with E-state index in [9.17, 15) is 9.59 Å². The molecular weight excluding hydrogens is 326 g/mol. The van der Waals surface area contributed by atoms with Crippen LogP contribution < -0.4 is 5.32 Å². The molecule has 5 heteroatoms. The summed E-state index contributed by atoms with van der Waals surface area (Å²) in [7, 11) is 0. The Balaban J connectivity index is 1.69. The molecular formula is C21H37N3O2. The van der Waals surface area contributed by atoms with Gasteiger partial charge in [0, 0.05) is 38.4 Å². The smallest absolute Gasteiger partial charge is 0.241 e. The Morgan fingerprint density at radius 3 is 2.27 bits per heavy atom. The van der Waals surface area contributed by atoms with Crippen molar-refractivity contribution in [3.63, 3.8) is 0 Å². The second kappa shape index (κ2) is 7.87. The normalized spacial score (nSPS) is 26.7. The van der Waals surface area contributed by atoms with Gasteiger partial charge in [-0.05, 0) is 31.1 Å². The van der Waals surface area contributed by atoms with Gasteiger partial charge in [0.05, 0.1) is 11.7 Å². The maximum absolute atomic E-state index is 13.1. The number of carbonyl (C=O) groups is 2. The van der Waals surface area contributed by atoms with Crippen molar-refractivity contribution in [1.29, 1.82) is 0 Å². The summed E-state index contributed by atoms with van der Waals surface area (Å²) in [6, 6.07) is -0.0640. The maximum atomic E-state index is 13.1. The van der Waals surface area contributed by atoms with Crippen molar-refractivity contribution in [3.8, 4) is 0 Å². The number of amides is 2. The van der Waals surface area contributed by atoms with Crippen molar-refractivity contribution in [2.24, 2.45) is 17.8 Å². The molecule has 1 saturated carbocycles. The minimum atomic E-state index is -0.243. The Hall–Kier alpha value is -1.10. The van der Waals surface area contributed by atoms with Crippen molar-refractivity contribution in [1.82, 2.24) is 15.1 Å². The molecule has 2 aliphatic heterocycles. The van der Waals surface area contributed by atoms with Crippen LogP contribution in [0.15, 0.2) is 0 Å². The largest absolute Gasteiger partial charge is 0.342 e. The molecule has 3 rings (SSSR count). The number of carbonyl (C=O) groups excluding carboxylic acids is 2. The van der Waals surface area contributed by atoms with E-state index in [0.29, 0.717) is 17.7 Å². The summed E-state index contributed by atoms with van der Waals surface area (Å²) in [5, 5.41) is 3.71. The van der Waals surface area contributed by atoms with Crippen molar-refractivity contribution in [3.05, 3.63) is 0 Å². The van der Waals surface area contributed by atoms with Crippen LogP contribution in [0.5, 0.6) is 0 Å². The van der Waals surface area contributed by atoms with E-state index in [2.05, 4.69) is 42.8 Å². The molecule has 26 heavy (non-hydrogen) atoms. The van der Waals surface area contributed by atoms with Gasteiger partial charge in [-0.1, -0.05) is 40.5 Å². The van der Waals surface area contributed by atoms with Crippen LogP contribution in [-0.4, -0.2) is 53.0 Å². The molecule has 2 amide bonds. The topological polar surface area (TPSA) is 52.7 Å². The molecule has 1 atom stereocenters. The zero-order valence-corrected chi connectivity index (χ0v) is 17.1. The highest BCUT2D eigenvalue weighted by Gasteiger charge is 2.51.